The Kier molecular flexibility index (Phi) is 4.61. The fraction of sp³-hybridized carbons (Fsp3) is 0.471. The van der Waals surface area contributed by atoms with E-state index in [2.05, 4.69) is 51.1 Å². The molecular formula is C17H24N2S. The molecule has 1 atom stereocenters. The van der Waals surface area contributed by atoms with Gasteiger partial charge in [-0.05, 0) is 32.3 Å². The third kappa shape index (κ3) is 2.52. The van der Waals surface area contributed by atoms with Gasteiger partial charge in [0.05, 0.1) is 5.69 Å². The number of aryl methyl sites for hydroxylation is 1. The largest absolute Gasteiger partial charge is 0.323 e. The van der Waals surface area contributed by atoms with E-state index in [1.807, 2.05) is 6.92 Å². The van der Waals surface area contributed by atoms with Gasteiger partial charge in [-0.2, -0.15) is 0 Å². The number of thiazole rings is 1. The van der Waals surface area contributed by atoms with Gasteiger partial charge >= 0.3 is 0 Å². The lowest BCUT2D eigenvalue weighted by Gasteiger charge is -2.30. The summed E-state index contributed by atoms with van der Waals surface area (Å²) < 4.78 is 0. The third-order valence-corrected chi connectivity index (χ3v) is 5.75. The molecule has 0 aliphatic rings. The molecule has 2 N–H and O–H groups in total. The second kappa shape index (κ2) is 6.06. The molecule has 0 fully saturated rings. The van der Waals surface area contributed by atoms with Gasteiger partial charge in [-0.1, -0.05) is 44.2 Å². The van der Waals surface area contributed by atoms with Gasteiger partial charge in [-0.15, -0.1) is 11.3 Å². The maximum Gasteiger partial charge on any atom is 0.104 e. The summed E-state index contributed by atoms with van der Waals surface area (Å²) in [7, 11) is 0. The van der Waals surface area contributed by atoms with Gasteiger partial charge in [0.15, 0.2) is 0 Å². The summed E-state index contributed by atoms with van der Waals surface area (Å²) in [5.74, 6) is 0. The van der Waals surface area contributed by atoms with Crippen molar-refractivity contribution in [1.29, 1.82) is 0 Å². The van der Waals surface area contributed by atoms with Crippen LogP contribution < -0.4 is 5.73 Å². The van der Waals surface area contributed by atoms with Crippen LogP contribution in [0.5, 0.6) is 0 Å². The van der Waals surface area contributed by atoms with E-state index in [0.717, 1.165) is 18.5 Å². The summed E-state index contributed by atoms with van der Waals surface area (Å²) in [5.41, 5.74) is 8.52. The molecule has 1 aromatic carbocycles. The van der Waals surface area contributed by atoms with E-state index in [9.17, 15) is 0 Å². The van der Waals surface area contributed by atoms with Crippen molar-refractivity contribution in [3.05, 3.63) is 51.5 Å². The number of hydrogen-bond acceptors (Lipinski definition) is 3. The Morgan fingerprint density at radius 3 is 2.25 bits per heavy atom. The van der Waals surface area contributed by atoms with Crippen LogP contribution >= 0.6 is 11.3 Å². The quantitative estimate of drug-likeness (QED) is 0.874. The molecule has 2 rings (SSSR count). The molecule has 3 heteroatoms. The molecule has 0 amide bonds. The van der Waals surface area contributed by atoms with E-state index in [4.69, 9.17) is 10.7 Å². The molecule has 0 bridgehead atoms. The lowest BCUT2D eigenvalue weighted by Crippen LogP contribution is -2.25. The Labute approximate surface area is 126 Å². The highest BCUT2D eigenvalue weighted by molar-refractivity contribution is 7.12. The molecule has 2 nitrogen and oxygen atoms in total. The van der Waals surface area contributed by atoms with Crippen LogP contribution in [0.25, 0.3) is 0 Å². The summed E-state index contributed by atoms with van der Waals surface area (Å²) in [4.78, 5) is 6.07. The summed E-state index contributed by atoms with van der Waals surface area (Å²) in [6.07, 6.45) is 2.11. The van der Waals surface area contributed by atoms with E-state index < -0.39 is 0 Å². The smallest absolute Gasteiger partial charge is 0.104 e. The second-order valence-corrected chi connectivity index (χ2v) is 6.44. The molecule has 0 saturated heterocycles. The molecule has 0 aliphatic heterocycles. The zero-order valence-electron chi connectivity index (χ0n) is 12.8. The molecular weight excluding hydrogens is 264 g/mol. The van der Waals surface area contributed by atoms with E-state index in [-0.39, 0.29) is 11.5 Å². The van der Waals surface area contributed by atoms with Crippen LogP contribution in [0.1, 0.15) is 60.8 Å². The zero-order chi connectivity index (χ0) is 14.8. The van der Waals surface area contributed by atoms with Crippen molar-refractivity contribution in [2.45, 2.75) is 52.0 Å². The normalized spacial score (nSPS) is 13.4. The van der Waals surface area contributed by atoms with Crippen LogP contribution in [0.2, 0.25) is 0 Å². The van der Waals surface area contributed by atoms with Gasteiger partial charge in [0.2, 0.25) is 0 Å². The van der Waals surface area contributed by atoms with Gasteiger partial charge in [0.1, 0.15) is 5.01 Å². The SMILES string of the molecule is CCC(CC)(c1ccccc1)c1nc(C)c(C(C)N)s1. The maximum atomic E-state index is 6.06. The average Bonchev–Trinajstić information content (AvgIpc) is 2.85. The van der Waals surface area contributed by atoms with Crippen molar-refractivity contribution in [2.24, 2.45) is 5.73 Å². The Morgan fingerprint density at radius 2 is 1.80 bits per heavy atom. The molecule has 0 aliphatic carbocycles. The Morgan fingerprint density at radius 1 is 1.20 bits per heavy atom. The Balaban J connectivity index is 2.57. The number of nitrogens with zero attached hydrogens (tertiary/aromatic N) is 1. The van der Waals surface area contributed by atoms with E-state index in [1.54, 1.807) is 11.3 Å². The van der Waals surface area contributed by atoms with Gasteiger partial charge in [-0.25, -0.2) is 4.98 Å². The van der Waals surface area contributed by atoms with Crippen LogP contribution in [-0.2, 0) is 5.41 Å². The second-order valence-electron chi connectivity index (χ2n) is 5.41. The third-order valence-electron chi connectivity index (χ3n) is 4.19. The highest BCUT2D eigenvalue weighted by atomic mass is 32.1. The van der Waals surface area contributed by atoms with Crippen LogP contribution in [0.15, 0.2) is 30.3 Å². The Hall–Kier alpha value is -1.19. The van der Waals surface area contributed by atoms with Gasteiger partial charge in [0, 0.05) is 16.3 Å². The summed E-state index contributed by atoms with van der Waals surface area (Å²) in [5, 5.41) is 1.21. The molecule has 2 aromatic rings. The van der Waals surface area contributed by atoms with Crippen molar-refractivity contribution >= 4 is 11.3 Å². The zero-order valence-corrected chi connectivity index (χ0v) is 13.6. The summed E-state index contributed by atoms with van der Waals surface area (Å²) >= 11 is 1.78. The molecule has 1 heterocycles. The van der Waals surface area contributed by atoms with Crippen molar-refractivity contribution in [2.75, 3.05) is 0 Å². The fourth-order valence-corrected chi connectivity index (χ4v) is 4.25. The molecule has 1 aromatic heterocycles. The van der Waals surface area contributed by atoms with Crippen molar-refractivity contribution in [3.8, 4) is 0 Å². The van der Waals surface area contributed by atoms with Gasteiger partial charge < -0.3 is 5.73 Å². The molecule has 0 radical (unpaired) electrons. The number of nitrogens with two attached hydrogens (primary N) is 1. The lowest BCUT2D eigenvalue weighted by atomic mass is 9.76. The molecule has 1 unspecified atom stereocenters. The van der Waals surface area contributed by atoms with Crippen molar-refractivity contribution < 1.29 is 0 Å². The first-order valence-electron chi connectivity index (χ1n) is 7.34. The van der Waals surface area contributed by atoms with E-state index in [0.29, 0.717) is 0 Å². The summed E-state index contributed by atoms with van der Waals surface area (Å²) in [6, 6.07) is 10.8. The standard InChI is InChI=1S/C17H24N2S/c1-5-17(6-2,14-10-8-7-9-11-14)16-19-13(4)15(20-16)12(3)18/h7-12H,5-6,18H2,1-4H3. The minimum atomic E-state index is 0.0177. The first-order chi connectivity index (χ1) is 9.55. The number of benzene rings is 1. The lowest BCUT2D eigenvalue weighted by molar-refractivity contribution is 0.475. The minimum absolute atomic E-state index is 0.0177. The molecule has 108 valence electrons. The number of rotatable bonds is 5. The highest BCUT2D eigenvalue weighted by Gasteiger charge is 2.34. The first-order valence-corrected chi connectivity index (χ1v) is 8.15. The van der Waals surface area contributed by atoms with Crippen LogP contribution in [-0.4, -0.2) is 4.98 Å². The van der Waals surface area contributed by atoms with Gasteiger partial charge in [-0.3, -0.25) is 0 Å². The monoisotopic (exact) mass is 288 g/mol. The highest BCUT2D eigenvalue weighted by Crippen LogP contribution is 2.42. The van der Waals surface area contributed by atoms with Crippen molar-refractivity contribution in [1.82, 2.24) is 4.98 Å². The van der Waals surface area contributed by atoms with Crippen LogP contribution in [0.3, 0.4) is 0 Å². The number of hydrogen-bond donors (Lipinski definition) is 1. The van der Waals surface area contributed by atoms with Crippen LogP contribution in [0.4, 0.5) is 0 Å². The van der Waals surface area contributed by atoms with Crippen molar-refractivity contribution in [3.63, 3.8) is 0 Å². The van der Waals surface area contributed by atoms with E-state index in [1.165, 1.54) is 15.4 Å². The minimum Gasteiger partial charge on any atom is -0.323 e. The molecule has 0 saturated carbocycles. The number of aromatic nitrogens is 1. The summed E-state index contributed by atoms with van der Waals surface area (Å²) in [6.45, 7) is 8.60. The Bertz CT molecular complexity index is 554. The molecule has 0 spiro atoms. The van der Waals surface area contributed by atoms with Crippen LogP contribution in [0, 0.1) is 6.92 Å². The first kappa shape index (κ1) is 15.2. The predicted octanol–water partition coefficient (Wildman–Crippen LogP) is 4.58. The fourth-order valence-electron chi connectivity index (χ4n) is 2.88. The predicted molar refractivity (Wildman–Crippen MR) is 87.3 cm³/mol. The molecule has 20 heavy (non-hydrogen) atoms. The average molecular weight is 288 g/mol. The van der Waals surface area contributed by atoms with E-state index >= 15 is 0 Å². The maximum absolute atomic E-state index is 6.06. The topological polar surface area (TPSA) is 38.9 Å². The van der Waals surface area contributed by atoms with Gasteiger partial charge in [0.25, 0.3) is 0 Å².